The Balaban J connectivity index is 1.74. The Morgan fingerprint density at radius 1 is 1.22 bits per heavy atom. The van der Waals surface area contributed by atoms with E-state index < -0.39 is 35.7 Å². The molecule has 0 bridgehead atoms. The summed E-state index contributed by atoms with van der Waals surface area (Å²) in [5, 5.41) is 2.36. The first kappa shape index (κ1) is 18.9. The van der Waals surface area contributed by atoms with E-state index in [9.17, 15) is 18.4 Å². The van der Waals surface area contributed by atoms with E-state index in [0.29, 0.717) is 11.5 Å². The molecule has 9 heteroatoms. The zero-order valence-corrected chi connectivity index (χ0v) is 15.0. The molecule has 27 heavy (non-hydrogen) atoms. The monoisotopic (exact) mass is 396 g/mol. The molecule has 1 N–H and O–H groups in total. The second kappa shape index (κ2) is 7.79. The summed E-state index contributed by atoms with van der Waals surface area (Å²) in [5.74, 6) is -2.34. The average molecular weight is 397 g/mol. The van der Waals surface area contributed by atoms with Crippen LogP contribution >= 0.6 is 11.6 Å². The fraction of sp³-hybridized carbons (Fsp3) is 0.222. The number of carbonyl (C=O) groups is 2. The van der Waals surface area contributed by atoms with Gasteiger partial charge in [0.2, 0.25) is 12.7 Å². The van der Waals surface area contributed by atoms with Gasteiger partial charge in [-0.3, -0.25) is 9.59 Å². The summed E-state index contributed by atoms with van der Waals surface area (Å²) in [4.78, 5) is 26.1. The van der Waals surface area contributed by atoms with Gasteiger partial charge in [-0.05, 0) is 31.2 Å². The van der Waals surface area contributed by atoms with Gasteiger partial charge in [0.15, 0.2) is 11.5 Å². The Hall–Kier alpha value is -2.87. The molecule has 0 atom stereocenters. The molecule has 6 nitrogen and oxygen atoms in total. The number of hydrogen-bond acceptors (Lipinski definition) is 4. The SMILES string of the molecule is CCN(CC(=O)Nc1c(F)cccc1F)C(=O)c1cc(Cl)c2c(c1)OCO2. The number of para-hydroxylation sites is 1. The second-order valence-electron chi connectivity index (χ2n) is 5.66. The van der Waals surface area contributed by atoms with Crippen molar-refractivity contribution in [2.45, 2.75) is 6.92 Å². The maximum absolute atomic E-state index is 13.6. The standard InChI is InChI=1S/C18H15ClF2N2O4/c1-2-23(8-15(24)22-16-12(20)4-3-5-13(16)21)18(25)10-6-11(19)17-14(7-10)26-9-27-17/h3-7H,2,8-9H2,1H3,(H,22,24). The lowest BCUT2D eigenvalue weighted by atomic mass is 10.1. The van der Waals surface area contributed by atoms with Crippen LogP contribution in [0.25, 0.3) is 0 Å². The molecule has 1 heterocycles. The van der Waals surface area contributed by atoms with Crippen molar-refractivity contribution < 1.29 is 27.8 Å². The number of ether oxygens (including phenoxy) is 2. The molecule has 142 valence electrons. The first-order valence-electron chi connectivity index (χ1n) is 8.03. The van der Waals surface area contributed by atoms with Gasteiger partial charge in [-0.1, -0.05) is 17.7 Å². The van der Waals surface area contributed by atoms with Crippen LogP contribution in [0.2, 0.25) is 5.02 Å². The third-order valence-corrected chi connectivity index (χ3v) is 4.19. The van der Waals surface area contributed by atoms with Gasteiger partial charge in [0.05, 0.1) is 5.02 Å². The summed E-state index contributed by atoms with van der Waals surface area (Å²) >= 11 is 6.08. The van der Waals surface area contributed by atoms with Crippen molar-refractivity contribution in [3.8, 4) is 11.5 Å². The van der Waals surface area contributed by atoms with Crippen LogP contribution in [0.3, 0.4) is 0 Å². The van der Waals surface area contributed by atoms with Gasteiger partial charge >= 0.3 is 0 Å². The Morgan fingerprint density at radius 3 is 2.59 bits per heavy atom. The van der Waals surface area contributed by atoms with Gasteiger partial charge in [-0.15, -0.1) is 0 Å². The number of likely N-dealkylation sites (N-methyl/N-ethyl adjacent to an activating group) is 1. The van der Waals surface area contributed by atoms with Gasteiger partial charge in [0.25, 0.3) is 5.91 Å². The number of hydrogen-bond donors (Lipinski definition) is 1. The number of nitrogens with zero attached hydrogens (tertiary/aromatic N) is 1. The predicted octanol–water partition coefficient (Wildman–Crippen LogP) is 3.45. The molecule has 0 saturated carbocycles. The number of rotatable bonds is 5. The number of fused-ring (bicyclic) bond motifs is 1. The van der Waals surface area contributed by atoms with Crippen LogP contribution < -0.4 is 14.8 Å². The van der Waals surface area contributed by atoms with Crippen LogP contribution in [-0.4, -0.2) is 36.6 Å². The molecule has 0 spiro atoms. The highest BCUT2D eigenvalue weighted by atomic mass is 35.5. The maximum atomic E-state index is 13.6. The maximum Gasteiger partial charge on any atom is 0.254 e. The van der Waals surface area contributed by atoms with E-state index >= 15 is 0 Å². The highest BCUT2D eigenvalue weighted by Gasteiger charge is 2.24. The normalized spacial score (nSPS) is 12.0. The minimum Gasteiger partial charge on any atom is -0.454 e. The summed E-state index contributed by atoms with van der Waals surface area (Å²) in [5.41, 5.74) is -0.354. The van der Waals surface area contributed by atoms with E-state index in [-0.39, 0.29) is 23.9 Å². The van der Waals surface area contributed by atoms with E-state index in [2.05, 4.69) is 5.32 Å². The average Bonchev–Trinajstić information content (AvgIpc) is 3.11. The zero-order valence-electron chi connectivity index (χ0n) is 14.2. The molecule has 0 fully saturated rings. The summed E-state index contributed by atoms with van der Waals surface area (Å²) in [7, 11) is 0. The lowest BCUT2D eigenvalue weighted by Crippen LogP contribution is -2.38. The van der Waals surface area contributed by atoms with Crippen molar-refractivity contribution in [1.29, 1.82) is 0 Å². The van der Waals surface area contributed by atoms with Gasteiger partial charge in [-0.25, -0.2) is 8.78 Å². The summed E-state index contributed by atoms with van der Waals surface area (Å²) in [6, 6.07) is 6.11. The van der Waals surface area contributed by atoms with Crippen LogP contribution in [0.4, 0.5) is 14.5 Å². The number of carbonyl (C=O) groups excluding carboxylic acids is 2. The molecular formula is C18H15ClF2N2O4. The van der Waals surface area contributed by atoms with E-state index in [0.717, 1.165) is 12.1 Å². The third-order valence-electron chi connectivity index (χ3n) is 3.90. The molecule has 2 aromatic rings. The first-order valence-corrected chi connectivity index (χ1v) is 8.40. The summed E-state index contributed by atoms with van der Waals surface area (Å²) in [6.45, 7) is 1.47. The largest absolute Gasteiger partial charge is 0.454 e. The minimum atomic E-state index is -0.903. The van der Waals surface area contributed by atoms with Crippen molar-refractivity contribution in [3.05, 3.63) is 52.6 Å². The fourth-order valence-electron chi connectivity index (χ4n) is 2.57. The molecule has 0 aliphatic carbocycles. The number of nitrogens with one attached hydrogen (secondary N) is 1. The molecular weight excluding hydrogens is 382 g/mol. The molecule has 3 rings (SSSR count). The van der Waals surface area contributed by atoms with Crippen LogP contribution in [-0.2, 0) is 4.79 Å². The first-order chi connectivity index (χ1) is 12.9. The molecule has 2 amide bonds. The number of benzene rings is 2. The van der Waals surface area contributed by atoms with Gasteiger partial charge < -0.3 is 19.7 Å². The molecule has 0 saturated heterocycles. The van der Waals surface area contributed by atoms with E-state index in [1.54, 1.807) is 6.92 Å². The van der Waals surface area contributed by atoms with Gasteiger partial charge in [0, 0.05) is 12.1 Å². The van der Waals surface area contributed by atoms with Crippen molar-refractivity contribution in [2.75, 3.05) is 25.2 Å². The topological polar surface area (TPSA) is 67.9 Å². The zero-order chi connectivity index (χ0) is 19.6. The quantitative estimate of drug-likeness (QED) is 0.840. The van der Waals surface area contributed by atoms with E-state index in [1.807, 2.05) is 0 Å². The predicted molar refractivity (Wildman–Crippen MR) is 94.1 cm³/mol. The van der Waals surface area contributed by atoms with Gasteiger partial charge in [-0.2, -0.15) is 0 Å². The number of amides is 2. The molecule has 2 aromatic carbocycles. The van der Waals surface area contributed by atoms with Crippen LogP contribution in [0.5, 0.6) is 11.5 Å². The van der Waals surface area contributed by atoms with Gasteiger partial charge in [0.1, 0.15) is 23.9 Å². The Labute approximate surface area is 158 Å². The van der Waals surface area contributed by atoms with E-state index in [1.165, 1.54) is 23.1 Å². The second-order valence-corrected chi connectivity index (χ2v) is 6.06. The number of anilines is 1. The summed E-state index contributed by atoms with van der Waals surface area (Å²) in [6.07, 6.45) is 0. The Morgan fingerprint density at radius 2 is 1.93 bits per heavy atom. The fourth-order valence-corrected chi connectivity index (χ4v) is 2.84. The molecule has 0 radical (unpaired) electrons. The third kappa shape index (κ3) is 3.95. The van der Waals surface area contributed by atoms with Crippen LogP contribution in [0.1, 0.15) is 17.3 Å². The van der Waals surface area contributed by atoms with Crippen LogP contribution in [0.15, 0.2) is 30.3 Å². The molecule has 0 unspecified atom stereocenters. The molecule has 1 aliphatic heterocycles. The highest BCUT2D eigenvalue weighted by molar-refractivity contribution is 6.32. The molecule has 1 aliphatic rings. The minimum absolute atomic E-state index is 0.000793. The Kier molecular flexibility index (Phi) is 5.46. The van der Waals surface area contributed by atoms with Crippen molar-refractivity contribution in [2.24, 2.45) is 0 Å². The lowest BCUT2D eigenvalue weighted by molar-refractivity contribution is -0.116. The summed E-state index contributed by atoms with van der Waals surface area (Å²) < 4.78 is 37.7. The Bertz CT molecular complexity index is 887. The van der Waals surface area contributed by atoms with Crippen molar-refractivity contribution in [3.63, 3.8) is 0 Å². The van der Waals surface area contributed by atoms with Crippen molar-refractivity contribution >= 4 is 29.1 Å². The smallest absolute Gasteiger partial charge is 0.254 e. The lowest BCUT2D eigenvalue weighted by Gasteiger charge is -2.21. The molecule has 0 aromatic heterocycles. The highest BCUT2D eigenvalue weighted by Crippen LogP contribution is 2.40. The van der Waals surface area contributed by atoms with Crippen molar-refractivity contribution in [1.82, 2.24) is 4.90 Å². The van der Waals surface area contributed by atoms with E-state index in [4.69, 9.17) is 21.1 Å². The number of halogens is 3. The van der Waals surface area contributed by atoms with Crippen LogP contribution in [0, 0.1) is 11.6 Å².